The summed E-state index contributed by atoms with van der Waals surface area (Å²) in [5, 5.41) is 5.73. The summed E-state index contributed by atoms with van der Waals surface area (Å²) >= 11 is 1.47. The first-order valence-electron chi connectivity index (χ1n) is 8.73. The van der Waals surface area contributed by atoms with Gasteiger partial charge >= 0.3 is 5.97 Å². The van der Waals surface area contributed by atoms with Gasteiger partial charge in [-0.1, -0.05) is 6.92 Å². The van der Waals surface area contributed by atoms with Crippen LogP contribution in [0.25, 0.3) is 10.2 Å². The number of ether oxygens (including phenoxy) is 3. The van der Waals surface area contributed by atoms with Crippen LogP contribution in [0.2, 0.25) is 0 Å². The number of benzene rings is 1. The van der Waals surface area contributed by atoms with E-state index < -0.39 is 12.0 Å². The van der Waals surface area contributed by atoms with Crippen molar-refractivity contribution in [2.45, 2.75) is 19.4 Å². The number of hydrogen-bond donors (Lipinski definition) is 1. The van der Waals surface area contributed by atoms with Gasteiger partial charge in [0.05, 0.1) is 27.0 Å². The van der Waals surface area contributed by atoms with Gasteiger partial charge in [0.25, 0.3) is 0 Å². The van der Waals surface area contributed by atoms with E-state index in [1.165, 1.54) is 25.6 Å². The molecule has 3 rings (SSSR count). The third-order valence-electron chi connectivity index (χ3n) is 4.50. The number of anilines is 1. The molecule has 28 heavy (non-hydrogen) atoms. The molecule has 1 atom stereocenters. The first-order chi connectivity index (χ1) is 13.5. The molecule has 2 heterocycles. The molecule has 1 amide bonds. The Bertz CT molecular complexity index is 1010. The van der Waals surface area contributed by atoms with E-state index in [1.807, 2.05) is 18.4 Å². The average molecular weight is 402 g/mol. The summed E-state index contributed by atoms with van der Waals surface area (Å²) in [4.78, 5) is 26.3. The highest BCUT2D eigenvalue weighted by molar-refractivity contribution is 7.16. The van der Waals surface area contributed by atoms with E-state index in [-0.39, 0.29) is 5.91 Å². The van der Waals surface area contributed by atoms with Crippen molar-refractivity contribution in [3.63, 3.8) is 0 Å². The Morgan fingerprint density at radius 1 is 1.14 bits per heavy atom. The molecule has 0 saturated heterocycles. The van der Waals surface area contributed by atoms with E-state index >= 15 is 0 Å². The zero-order valence-corrected chi connectivity index (χ0v) is 17.0. The van der Waals surface area contributed by atoms with Crippen LogP contribution in [0.15, 0.2) is 35.7 Å². The highest BCUT2D eigenvalue weighted by Gasteiger charge is 2.27. The lowest BCUT2D eigenvalue weighted by molar-refractivity contribution is -0.119. The predicted molar refractivity (Wildman–Crippen MR) is 109 cm³/mol. The molecular formula is C20H22N2O5S. The van der Waals surface area contributed by atoms with E-state index in [1.54, 1.807) is 35.9 Å². The minimum absolute atomic E-state index is 0.259. The number of fused-ring (bicyclic) bond motifs is 1. The van der Waals surface area contributed by atoms with Crippen LogP contribution in [0.5, 0.6) is 11.5 Å². The lowest BCUT2D eigenvalue weighted by atomic mass is 10.2. The van der Waals surface area contributed by atoms with Gasteiger partial charge in [-0.25, -0.2) is 4.79 Å². The van der Waals surface area contributed by atoms with Crippen molar-refractivity contribution in [1.29, 1.82) is 0 Å². The van der Waals surface area contributed by atoms with Crippen LogP contribution in [0.3, 0.4) is 0 Å². The number of hydrogen-bond acceptors (Lipinski definition) is 6. The average Bonchev–Trinajstić information content (AvgIpc) is 3.30. The third-order valence-corrected chi connectivity index (χ3v) is 5.43. The Morgan fingerprint density at radius 2 is 1.93 bits per heavy atom. The van der Waals surface area contributed by atoms with Crippen molar-refractivity contribution in [3.05, 3.63) is 41.4 Å². The summed E-state index contributed by atoms with van der Waals surface area (Å²) in [6.07, 6.45) is 0.490. The van der Waals surface area contributed by atoms with E-state index in [0.717, 1.165) is 10.2 Å². The Hall–Kier alpha value is -3.00. The summed E-state index contributed by atoms with van der Waals surface area (Å²) in [5.74, 6) is 0.380. The molecule has 0 spiro atoms. The maximum Gasteiger partial charge on any atom is 0.354 e. The maximum absolute atomic E-state index is 13.2. The van der Waals surface area contributed by atoms with Crippen LogP contribution in [-0.4, -0.2) is 37.8 Å². The van der Waals surface area contributed by atoms with E-state index in [4.69, 9.17) is 14.2 Å². The molecule has 0 aliphatic rings. The molecule has 3 aromatic rings. The molecule has 1 N–H and O–H groups in total. The second kappa shape index (κ2) is 8.35. The van der Waals surface area contributed by atoms with Crippen molar-refractivity contribution in [2.75, 3.05) is 26.6 Å². The van der Waals surface area contributed by atoms with Crippen molar-refractivity contribution in [1.82, 2.24) is 4.57 Å². The number of nitrogens with one attached hydrogen (secondary N) is 1. The van der Waals surface area contributed by atoms with Crippen LogP contribution in [-0.2, 0) is 9.53 Å². The molecule has 0 unspecified atom stereocenters. The number of aromatic nitrogens is 1. The molecule has 1 aromatic carbocycles. The highest BCUT2D eigenvalue weighted by atomic mass is 32.1. The minimum Gasteiger partial charge on any atom is -0.497 e. The summed E-state index contributed by atoms with van der Waals surface area (Å²) in [5.41, 5.74) is 0.850. The van der Waals surface area contributed by atoms with Gasteiger partial charge < -0.3 is 24.1 Å². The Morgan fingerprint density at radius 3 is 2.57 bits per heavy atom. The molecule has 0 radical (unpaired) electrons. The summed E-state index contributed by atoms with van der Waals surface area (Å²) in [6.45, 7) is 1.90. The normalized spacial score (nSPS) is 11.9. The van der Waals surface area contributed by atoms with Gasteiger partial charge in [-0.05, 0) is 36.1 Å². The summed E-state index contributed by atoms with van der Waals surface area (Å²) in [6, 6.07) is 8.24. The molecule has 8 heteroatoms. The van der Waals surface area contributed by atoms with Gasteiger partial charge in [0.1, 0.15) is 28.1 Å². The third kappa shape index (κ3) is 3.55. The highest BCUT2D eigenvalue weighted by Crippen LogP contribution is 2.33. The first-order valence-corrected chi connectivity index (χ1v) is 9.61. The number of carbonyl (C=O) groups excluding carboxylic acids is 2. The number of esters is 1. The molecule has 0 saturated carbocycles. The second-order valence-corrected chi connectivity index (χ2v) is 6.95. The van der Waals surface area contributed by atoms with Gasteiger partial charge in [0, 0.05) is 11.5 Å². The van der Waals surface area contributed by atoms with Gasteiger partial charge in [0.2, 0.25) is 5.91 Å². The molecule has 0 fully saturated rings. The van der Waals surface area contributed by atoms with Crippen molar-refractivity contribution in [3.8, 4) is 11.5 Å². The van der Waals surface area contributed by atoms with E-state index in [2.05, 4.69) is 5.32 Å². The lowest BCUT2D eigenvalue weighted by Gasteiger charge is -2.20. The fraction of sp³-hybridized carbons (Fsp3) is 0.300. The fourth-order valence-electron chi connectivity index (χ4n) is 3.13. The molecule has 7 nitrogen and oxygen atoms in total. The maximum atomic E-state index is 13.2. The zero-order chi connectivity index (χ0) is 20.3. The van der Waals surface area contributed by atoms with Crippen molar-refractivity contribution < 1.29 is 23.8 Å². The number of amides is 1. The summed E-state index contributed by atoms with van der Waals surface area (Å²) in [7, 11) is 4.42. The smallest absolute Gasteiger partial charge is 0.354 e. The molecule has 148 valence electrons. The Labute approximate surface area is 166 Å². The van der Waals surface area contributed by atoms with Crippen molar-refractivity contribution in [2.24, 2.45) is 0 Å². The van der Waals surface area contributed by atoms with Gasteiger partial charge in [0.15, 0.2) is 0 Å². The van der Waals surface area contributed by atoms with Crippen LogP contribution in [0, 0.1) is 0 Å². The summed E-state index contributed by atoms with van der Waals surface area (Å²) < 4.78 is 17.2. The van der Waals surface area contributed by atoms with Crippen LogP contribution >= 0.6 is 11.3 Å². The van der Waals surface area contributed by atoms with Crippen molar-refractivity contribution >= 4 is 39.1 Å². The number of carbonyl (C=O) groups is 2. The second-order valence-electron chi connectivity index (χ2n) is 6.05. The Kier molecular flexibility index (Phi) is 5.89. The number of nitrogens with zero attached hydrogens (tertiary/aromatic N) is 1. The van der Waals surface area contributed by atoms with E-state index in [9.17, 15) is 9.59 Å². The van der Waals surface area contributed by atoms with E-state index in [0.29, 0.717) is 29.3 Å². The van der Waals surface area contributed by atoms with Gasteiger partial charge in [-0.15, -0.1) is 11.3 Å². The SMILES string of the molecule is CC[C@H](C(=O)Nc1cc(OC)ccc1OC)n1c(C(=O)OC)cc2ccsc21. The standard InChI is InChI=1S/C20H22N2O5S/c1-5-15(18(23)21-14-11-13(25-2)6-7-17(14)26-3)22-16(20(24)27-4)10-12-8-9-28-19(12)22/h6-11,15H,5H2,1-4H3,(H,21,23)/t15-/m1/s1. The monoisotopic (exact) mass is 402 g/mol. The number of methoxy groups -OCH3 is 3. The van der Waals surface area contributed by atoms with Gasteiger partial charge in [-0.3, -0.25) is 4.79 Å². The lowest BCUT2D eigenvalue weighted by Crippen LogP contribution is -2.28. The first kappa shape index (κ1) is 19.8. The van der Waals surface area contributed by atoms with Crippen LogP contribution < -0.4 is 14.8 Å². The molecule has 0 aliphatic heterocycles. The number of rotatable bonds is 7. The molecule has 0 aliphatic carbocycles. The van der Waals surface area contributed by atoms with Crippen LogP contribution in [0.1, 0.15) is 29.9 Å². The Balaban J connectivity index is 2.01. The zero-order valence-electron chi connectivity index (χ0n) is 16.1. The van der Waals surface area contributed by atoms with Crippen LogP contribution in [0.4, 0.5) is 5.69 Å². The largest absolute Gasteiger partial charge is 0.497 e. The van der Waals surface area contributed by atoms with Gasteiger partial charge in [-0.2, -0.15) is 0 Å². The molecular weight excluding hydrogens is 380 g/mol. The number of thiophene rings is 1. The molecule has 2 aromatic heterocycles. The quantitative estimate of drug-likeness (QED) is 0.602. The molecule has 0 bridgehead atoms. The fourth-order valence-corrected chi connectivity index (χ4v) is 4.07. The predicted octanol–water partition coefficient (Wildman–Crippen LogP) is 4.10. The minimum atomic E-state index is -0.596. The topological polar surface area (TPSA) is 78.8 Å².